The van der Waals surface area contributed by atoms with Crippen molar-refractivity contribution in [1.82, 2.24) is 9.55 Å². The summed E-state index contributed by atoms with van der Waals surface area (Å²) in [6.45, 7) is 6.40. The maximum Gasteiger partial charge on any atom is 0.193 e. The molecule has 0 fully saturated rings. The molecule has 0 aliphatic rings. The zero-order chi connectivity index (χ0) is 19.4. The van der Waals surface area contributed by atoms with Crippen LogP contribution >= 0.6 is 24.0 Å². The summed E-state index contributed by atoms with van der Waals surface area (Å²) in [7, 11) is 0. The van der Waals surface area contributed by atoms with Crippen molar-refractivity contribution in [3.05, 3.63) is 77.6 Å². The molecule has 0 saturated carbocycles. The lowest BCUT2D eigenvalue weighted by atomic mass is 10.0. The maximum atomic E-state index is 14.4. The van der Waals surface area contributed by atoms with Gasteiger partial charge in [0.15, 0.2) is 5.96 Å². The second-order valence-corrected chi connectivity index (χ2v) is 6.74. The van der Waals surface area contributed by atoms with Crippen molar-refractivity contribution in [1.29, 1.82) is 0 Å². The van der Waals surface area contributed by atoms with Crippen LogP contribution in [0.4, 0.5) is 10.1 Å². The Kier molecular flexibility index (Phi) is 7.56. The van der Waals surface area contributed by atoms with E-state index >= 15 is 0 Å². The molecule has 3 N–H and O–H groups in total. The van der Waals surface area contributed by atoms with Crippen LogP contribution in [0.3, 0.4) is 0 Å². The average Bonchev–Trinajstić information content (AvgIpc) is 3.06. The molecule has 0 aliphatic heterocycles. The molecule has 3 rings (SSSR count). The Labute approximate surface area is 181 Å². The van der Waals surface area contributed by atoms with E-state index in [2.05, 4.69) is 41.3 Å². The number of hydrogen-bond acceptors (Lipinski definition) is 2. The van der Waals surface area contributed by atoms with Crippen LogP contribution in [-0.4, -0.2) is 15.5 Å². The van der Waals surface area contributed by atoms with Gasteiger partial charge in [0.05, 0.1) is 12.2 Å². The Balaban J connectivity index is 0.00000280. The van der Waals surface area contributed by atoms with E-state index in [1.807, 2.05) is 25.1 Å². The monoisotopic (exact) mass is 493 g/mol. The Morgan fingerprint density at radius 3 is 2.68 bits per heavy atom. The first-order chi connectivity index (χ1) is 12.9. The number of rotatable bonds is 5. The maximum absolute atomic E-state index is 14.4. The lowest BCUT2D eigenvalue weighted by molar-refractivity contribution is 0.614. The molecule has 5 nitrogen and oxygen atoms in total. The Morgan fingerprint density at radius 2 is 2.04 bits per heavy atom. The molecular formula is C21H25FIN5. The van der Waals surface area contributed by atoms with Crippen molar-refractivity contribution in [3.63, 3.8) is 0 Å². The number of aryl methyl sites for hydroxylation is 1. The van der Waals surface area contributed by atoms with E-state index in [1.54, 1.807) is 23.0 Å². The van der Waals surface area contributed by atoms with E-state index < -0.39 is 0 Å². The van der Waals surface area contributed by atoms with Gasteiger partial charge in [-0.15, -0.1) is 24.0 Å². The predicted octanol–water partition coefficient (Wildman–Crippen LogP) is 4.99. The van der Waals surface area contributed by atoms with Crippen molar-refractivity contribution in [2.75, 3.05) is 5.32 Å². The zero-order valence-corrected chi connectivity index (χ0v) is 18.5. The van der Waals surface area contributed by atoms with E-state index in [1.165, 1.54) is 11.6 Å². The van der Waals surface area contributed by atoms with E-state index in [0.29, 0.717) is 24.1 Å². The molecule has 3 aromatic rings. The van der Waals surface area contributed by atoms with Crippen molar-refractivity contribution in [2.24, 2.45) is 10.7 Å². The molecule has 0 aliphatic carbocycles. The van der Waals surface area contributed by atoms with Crippen LogP contribution in [0.5, 0.6) is 0 Å². The predicted molar refractivity (Wildman–Crippen MR) is 123 cm³/mol. The minimum atomic E-state index is -0.319. The van der Waals surface area contributed by atoms with Crippen LogP contribution in [0.15, 0.2) is 59.9 Å². The number of imidazole rings is 1. The fourth-order valence-electron chi connectivity index (χ4n) is 2.82. The number of nitrogens with zero attached hydrogens (tertiary/aromatic N) is 3. The van der Waals surface area contributed by atoms with E-state index in [4.69, 9.17) is 5.73 Å². The highest BCUT2D eigenvalue weighted by molar-refractivity contribution is 14.0. The van der Waals surface area contributed by atoms with Crippen molar-refractivity contribution >= 4 is 35.6 Å². The largest absolute Gasteiger partial charge is 0.370 e. The molecule has 0 atom stereocenters. The zero-order valence-electron chi connectivity index (χ0n) is 16.2. The van der Waals surface area contributed by atoms with Gasteiger partial charge in [-0.05, 0) is 48.2 Å². The first kappa shape index (κ1) is 21.9. The summed E-state index contributed by atoms with van der Waals surface area (Å²) in [4.78, 5) is 8.44. The van der Waals surface area contributed by atoms with Gasteiger partial charge in [-0.3, -0.25) is 0 Å². The number of benzene rings is 2. The highest BCUT2D eigenvalue weighted by atomic mass is 127. The summed E-state index contributed by atoms with van der Waals surface area (Å²) in [5, 5.41) is 3.08. The average molecular weight is 493 g/mol. The topological polar surface area (TPSA) is 68.2 Å². The Morgan fingerprint density at radius 1 is 1.25 bits per heavy atom. The van der Waals surface area contributed by atoms with Crippen molar-refractivity contribution in [2.45, 2.75) is 33.2 Å². The summed E-state index contributed by atoms with van der Waals surface area (Å²) in [5.74, 6) is 1.15. The first-order valence-electron chi connectivity index (χ1n) is 8.89. The molecule has 0 unspecified atom stereocenters. The minimum Gasteiger partial charge on any atom is -0.370 e. The molecular weight excluding hydrogens is 468 g/mol. The molecule has 0 spiro atoms. The number of halogens is 2. The van der Waals surface area contributed by atoms with Crippen LogP contribution in [0.25, 0.3) is 5.69 Å². The molecule has 0 saturated heterocycles. The van der Waals surface area contributed by atoms with E-state index in [0.717, 1.165) is 17.1 Å². The highest BCUT2D eigenvalue weighted by Crippen LogP contribution is 2.19. The summed E-state index contributed by atoms with van der Waals surface area (Å²) in [5.41, 5.74) is 9.30. The summed E-state index contributed by atoms with van der Waals surface area (Å²) in [6.07, 6.45) is 3.38. The van der Waals surface area contributed by atoms with Gasteiger partial charge in [0, 0.05) is 18.1 Å². The van der Waals surface area contributed by atoms with Crippen LogP contribution in [-0.2, 0) is 6.54 Å². The second kappa shape index (κ2) is 9.68. The van der Waals surface area contributed by atoms with Gasteiger partial charge in [-0.25, -0.2) is 14.4 Å². The number of guanidine groups is 1. The van der Waals surface area contributed by atoms with E-state index in [9.17, 15) is 4.39 Å². The fraction of sp³-hybridized carbons (Fsp3) is 0.238. The van der Waals surface area contributed by atoms with Gasteiger partial charge in [0.1, 0.15) is 11.6 Å². The van der Waals surface area contributed by atoms with Crippen molar-refractivity contribution < 1.29 is 4.39 Å². The molecule has 0 amide bonds. The molecule has 2 aromatic carbocycles. The molecule has 28 heavy (non-hydrogen) atoms. The van der Waals surface area contributed by atoms with Gasteiger partial charge in [-0.2, -0.15) is 0 Å². The number of aromatic nitrogens is 2. The second-order valence-electron chi connectivity index (χ2n) is 6.74. The van der Waals surface area contributed by atoms with Crippen molar-refractivity contribution in [3.8, 4) is 5.69 Å². The standard InChI is InChI=1S/C21H24FN5.HI/c1-14(2)17-5-4-6-18(12-17)26-21(23)25-13-16-7-8-20(19(22)11-16)27-10-9-24-15(27)3;/h4-12,14H,13H2,1-3H3,(H3,23,25,26);1H. The Bertz CT molecular complexity index is 965. The smallest absolute Gasteiger partial charge is 0.193 e. The normalized spacial score (nSPS) is 11.4. The first-order valence-corrected chi connectivity index (χ1v) is 8.89. The van der Waals surface area contributed by atoms with Gasteiger partial charge in [0.25, 0.3) is 0 Å². The Hall–Kier alpha value is -2.42. The minimum absolute atomic E-state index is 0. The van der Waals surface area contributed by atoms with Crippen LogP contribution in [0.1, 0.15) is 36.7 Å². The van der Waals surface area contributed by atoms with Crippen LogP contribution < -0.4 is 11.1 Å². The summed E-state index contributed by atoms with van der Waals surface area (Å²) in [6, 6.07) is 13.1. The lowest BCUT2D eigenvalue weighted by Gasteiger charge is -2.10. The van der Waals surface area contributed by atoms with Gasteiger partial charge < -0.3 is 15.6 Å². The third kappa shape index (κ3) is 5.31. The van der Waals surface area contributed by atoms with Gasteiger partial charge in [-0.1, -0.05) is 32.0 Å². The van der Waals surface area contributed by atoms with E-state index in [-0.39, 0.29) is 29.8 Å². The fourth-order valence-corrected chi connectivity index (χ4v) is 2.82. The lowest BCUT2D eigenvalue weighted by Crippen LogP contribution is -2.22. The van der Waals surface area contributed by atoms with Gasteiger partial charge in [0.2, 0.25) is 0 Å². The highest BCUT2D eigenvalue weighted by Gasteiger charge is 2.08. The van der Waals surface area contributed by atoms with Crippen LogP contribution in [0, 0.1) is 12.7 Å². The molecule has 148 valence electrons. The molecule has 0 radical (unpaired) electrons. The molecule has 7 heteroatoms. The number of nitrogens with one attached hydrogen (secondary N) is 1. The molecule has 0 bridgehead atoms. The summed E-state index contributed by atoms with van der Waals surface area (Å²) < 4.78 is 16.1. The third-order valence-electron chi connectivity index (χ3n) is 4.36. The number of anilines is 1. The third-order valence-corrected chi connectivity index (χ3v) is 4.36. The molecule has 1 aromatic heterocycles. The number of hydrogen-bond donors (Lipinski definition) is 2. The molecule has 1 heterocycles. The van der Waals surface area contributed by atoms with Crippen LogP contribution in [0.2, 0.25) is 0 Å². The number of aliphatic imine (C=N–C) groups is 1. The summed E-state index contributed by atoms with van der Waals surface area (Å²) >= 11 is 0. The van der Waals surface area contributed by atoms with Gasteiger partial charge >= 0.3 is 0 Å². The number of nitrogens with two attached hydrogens (primary N) is 1. The SMILES string of the molecule is Cc1nccn1-c1ccc(CN=C(N)Nc2cccc(C(C)C)c2)cc1F.I. The quantitative estimate of drug-likeness (QED) is 0.299.